The van der Waals surface area contributed by atoms with Gasteiger partial charge < -0.3 is 30.6 Å². The molecule has 2 saturated carbocycles. The Hall–Kier alpha value is -2.00. The molecule has 6 N–H and O–H groups in total. The monoisotopic (exact) mass is 370 g/mol. The minimum atomic E-state index is -1.31. The van der Waals surface area contributed by atoms with Gasteiger partial charge in [0.2, 0.25) is 0 Å². The molecule has 3 rings (SSSR count). The van der Waals surface area contributed by atoms with Crippen LogP contribution in [0.5, 0.6) is 0 Å². The fourth-order valence-electron chi connectivity index (χ4n) is 2.64. The van der Waals surface area contributed by atoms with Gasteiger partial charge in [0, 0.05) is 25.7 Å². The maximum absolute atomic E-state index is 10.3. The van der Waals surface area contributed by atoms with Crippen LogP contribution in [0.4, 0.5) is 0 Å². The van der Waals surface area contributed by atoms with Gasteiger partial charge in [-0.15, -0.1) is 0 Å². The van der Waals surface area contributed by atoms with Gasteiger partial charge in [-0.3, -0.25) is 0 Å². The zero-order chi connectivity index (χ0) is 19.8. The van der Waals surface area contributed by atoms with Crippen molar-refractivity contribution in [1.82, 2.24) is 0 Å². The van der Waals surface area contributed by atoms with Crippen LogP contribution in [0.25, 0.3) is 0 Å². The third-order valence-electron chi connectivity index (χ3n) is 4.19. The van der Waals surface area contributed by atoms with E-state index in [0.717, 1.165) is 25.7 Å². The van der Waals surface area contributed by atoms with Crippen molar-refractivity contribution in [2.24, 2.45) is 0 Å². The molecule has 2 fully saturated rings. The van der Waals surface area contributed by atoms with Gasteiger partial charge in [0.15, 0.2) is 11.6 Å². The first-order valence-electron chi connectivity index (χ1n) is 8.49. The molecule has 0 aliphatic heterocycles. The van der Waals surface area contributed by atoms with Crippen LogP contribution in [0.1, 0.15) is 72.1 Å². The molecule has 2 aliphatic carbocycles. The molecule has 0 radical (unpaired) electrons. The minimum Gasteiger partial charge on any atom is -0.478 e. The van der Waals surface area contributed by atoms with E-state index in [1.165, 1.54) is 24.3 Å². The molecule has 146 valence electrons. The summed E-state index contributed by atoms with van der Waals surface area (Å²) < 4.78 is 0. The maximum atomic E-state index is 10.3. The van der Waals surface area contributed by atoms with Gasteiger partial charge in [0.1, 0.15) is 0 Å². The van der Waals surface area contributed by atoms with Crippen molar-refractivity contribution in [3.8, 4) is 0 Å². The number of aromatic carboxylic acids is 2. The first kappa shape index (κ1) is 22.0. The number of carboxylic acid groups (broad SMARTS) is 2. The molecule has 0 saturated heterocycles. The average molecular weight is 370 g/mol. The summed E-state index contributed by atoms with van der Waals surface area (Å²) in [5.74, 6) is -4.74. The molecular weight excluding hydrogens is 344 g/mol. The topological polar surface area (TPSA) is 156 Å². The highest BCUT2D eigenvalue weighted by Crippen LogP contribution is 2.26. The second kappa shape index (κ2) is 9.63. The van der Waals surface area contributed by atoms with E-state index < -0.39 is 23.5 Å². The van der Waals surface area contributed by atoms with Crippen LogP contribution in [-0.4, -0.2) is 54.2 Å². The smallest absolute Gasteiger partial charge is 0.335 e. The van der Waals surface area contributed by atoms with Crippen molar-refractivity contribution in [3.05, 3.63) is 35.4 Å². The Morgan fingerprint density at radius 2 is 0.846 bits per heavy atom. The fraction of sp³-hybridized carbons (Fsp3) is 0.556. The standard InChI is InChI=1S/C8H6O4.2C5H10O2/c9-7(10)5-1-2-6(4-3-5)8(11)12;2*6-5(7)3-1-2-4-5/h1-4H,(H,9,10)(H,11,12);2*6-7H,1-4H2. The summed E-state index contributed by atoms with van der Waals surface area (Å²) in [5.41, 5.74) is 0.167. The van der Waals surface area contributed by atoms with E-state index in [1.807, 2.05) is 0 Å². The summed E-state index contributed by atoms with van der Waals surface area (Å²) in [4.78, 5) is 20.7. The van der Waals surface area contributed by atoms with Crippen LogP contribution >= 0.6 is 0 Å². The van der Waals surface area contributed by atoms with Gasteiger partial charge in [0.05, 0.1) is 11.1 Å². The summed E-state index contributed by atoms with van der Waals surface area (Å²) in [5, 5.41) is 51.9. The Morgan fingerprint density at radius 1 is 0.615 bits per heavy atom. The summed E-state index contributed by atoms with van der Waals surface area (Å²) >= 11 is 0. The van der Waals surface area contributed by atoms with E-state index in [1.54, 1.807) is 0 Å². The second-order valence-electron chi connectivity index (χ2n) is 6.57. The fourth-order valence-corrected chi connectivity index (χ4v) is 2.64. The van der Waals surface area contributed by atoms with E-state index in [9.17, 15) is 9.59 Å². The van der Waals surface area contributed by atoms with Crippen LogP contribution < -0.4 is 0 Å². The second-order valence-corrected chi connectivity index (χ2v) is 6.57. The highest BCUT2D eigenvalue weighted by molar-refractivity contribution is 5.91. The molecule has 8 heteroatoms. The molecule has 2 aliphatic rings. The molecule has 0 spiro atoms. The largest absolute Gasteiger partial charge is 0.478 e. The SMILES string of the molecule is O=C(O)c1ccc(C(=O)O)cc1.OC1(O)CCCC1.OC1(O)CCCC1. The summed E-state index contributed by atoms with van der Waals surface area (Å²) in [6, 6.07) is 5.02. The van der Waals surface area contributed by atoms with E-state index in [0.29, 0.717) is 25.7 Å². The number of hydrogen-bond acceptors (Lipinski definition) is 6. The first-order valence-corrected chi connectivity index (χ1v) is 8.49. The number of rotatable bonds is 2. The third-order valence-corrected chi connectivity index (χ3v) is 4.19. The molecule has 0 unspecified atom stereocenters. The van der Waals surface area contributed by atoms with E-state index in [4.69, 9.17) is 30.6 Å². The number of aliphatic hydroxyl groups is 4. The van der Waals surface area contributed by atoms with Crippen LogP contribution in [0.15, 0.2) is 24.3 Å². The Bertz CT molecular complexity index is 523. The molecule has 0 heterocycles. The van der Waals surface area contributed by atoms with Crippen molar-refractivity contribution < 1.29 is 40.2 Å². The van der Waals surface area contributed by atoms with E-state index >= 15 is 0 Å². The van der Waals surface area contributed by atoms with Crippen LogP contribution in [-0.2, 0) is 0 Å². The normalized spacial score (nSPS) is 19.5. The van der Waals surface area contributed by atoms with Crippen LogP contribution in [0.3, 0.4) is 0 Å². The van der Waals surface area contributed by atoms with Crippen molar-refractivity contribution in [1.29, 1.82) is 0 Å². The number of hydrogen-bond donors (Lipinski definition) is 6. The van der Waals surface area contributed by atoms with Crippen molar-refractivity contribution >= 4 is 11.9 Å². The third kappa shape index (κ3) is 8.39. The average Bonchev–Trinajstić information content (AvgIpc) is 3.15. The Kier molecular flexibility index (Phi) is 8.16. The lowest BCUT2D eigenvalue weighted by Gasteiger charge is -2.11. The highest BCUT2D eigenvalue weighted by Gasteiger charge is 2.27. The Balaban J connectivity index is 0.000000207. The summed E-state index contributed by atoms with van der Waals surface area (Å²) in [6.45, 7) is 0. The Labute approximate surface area is 151 Å². The quantitative estimate of drug-likeness (QED) is 0.428. The first-order chi connectivity index (χ1) is 12.0. The van der Waals surface area contributed by atoms with E-state index in [-0.39, 0.29) is 11.1 Å². The van der Waals surface area contributed by atoms with Crippen LogP contribution in [0, 0.1) is 0 Å². The molecule has 8 nitrogen and oxygen atoms in total. The van der Waals surface area contributed by atoms with Gasteiger partial charge >= 0.3 is 11.9 Å². The minimum absolute atomic E-state index is 0.0833. The van der Waals surface area contributed by atoms with Gasteiger partial charge in [0.25, 0.3) is 0 Å². The molecule has 1 aromatic carbocycles. The van der Waals surface area contributed by atoms with Gasteiger partial charge in [-0.25, -0.2) is 9.59 Å². The van der Waals surface area contributed by atoms with Crippen LogP contribution in [0.2, 0.25) is 0 Å². The molecule has 0 amide bonds. The molecular formula is C18H26O8. The molecule has 0 atom stereocenters. The molecule has 0 aromatic heterocycles. The molecule has 26 heavy (non-hydrogen) atoms. The number of carbonyl (C=O) groups is 2. The van der Waals surface area contributed by atoms with Gasteiger partial charge in [-0.2, -0.15) is 0 Å². The zero-order valence-corrected chi connectivity index (χ0v) is 14.5. The van der Waals surface area contributed by atoms with E-state index in [2.05, 4.69) is 0 Å². The zero-order valence-electron chi connectivity index (χ0n) is 14.5. The van der Waals surface area contributed by atoms with Gasteiger partial charge in [-0.05, 0) is 49.9 Å². The Morgan fingerprint density at radius 3 is 0.962 bits per heavy atom. The number of benzene rings is 1. The summed E-state index contributed by atoms with van der Waals surface area (Å²) in [6.07, 6.45) is 6.11. The summed E-state index contributed by atoms with van der Waals surface area (Å²) in [7, 11) is 0. The molecule has 0 bridgehead atoms. The predicted octanol–water partition coefficient (Wildman–Crippen LogP) is 1.57. The van der Waals surface area contributed by atoms with Crippen molar-refractivity contribution in [3.63, 3.8) is 0 Å². The lowest BCUT2D eigenvalue weighted by Crippen LogP contribution is -2.21. The predicted molar refractivity (Wildman–Crippen MR) is 91.6 cm³/mol. The van der Waals surface area contributed by atoms with Gasteiger partial charge in [-0.1, -0.05) is 0 Å². The number of carboxylic acids is 2. The maximum Gasteiger partial charge on any atom is 0.335 e. The highest BCUT2D eigenvalue weighted by atomic mass is 16.5. The molecule has 1 aromatic rings. The van der Waals surface area contributed by atoms with Crippen molar-refractivity contribution in [2.45, 2.75) is 62.9 Å². The lowest BCUT2D eigenvalue weighted by molar-refractivity contribution is -0.153. The van der Waals surface area contributed by atoms with Crippen molar-refractivity contribution in [2.75, 3.05) is 0 Å². The lowest BCUT2D eigenvalue weighted by atomic mass is 10.1.